The molecule has 1 heterocycles. The highest BCUT2D eigenvalue weighted by atomic mass is 16.6. The third-order valence-corrected chi connectivity index (χ3v) is 3.34. The molecule has 0 bridgehead atoms. The fourth-order valence-electron chi connectivity index (χ4n) is 2.30. The van der Waals surface area contributed by atoms with Gasteiger partial charge in [0.25, 0.3) is 0 Å². The molecule has 1 saturated heterocycles. The maximum absolute atomic E-state index is 12.4. The molecule has 1 aliphatic rings. The first-order chi connectivity index (χ1) is 10.7. The Kier molecular flexibility index (Phi) is 5.26. The zero-order valence-electron chi connectivity index (χ0n) is 14.0. The van der Waals surface area contributed by atoms with E-state index in [0.29, 0.717) is 18.7 Å². The molecule has 6 nitrogen and oxygen atoms in total. The number of alkyl carbamates (subject to hydrolysis) is 1. The monoisotopic (exact) mass is 320 g/mol. The molecule has 1 aromatic carbocycles. The molecule has 0 spiro atoms. The van der Waals surface area contributed by atoms with Crippen LogP contribution in [0.1, 0.15) is 32.4 Å². The Morgan fingerprint density at radius 2 is 1.83 bits per heavy atom. The fraction of sp³-hybridized carbons (Fsp3) is 0.529. The summed E-state index contributed by atoms with van der Waals surface area (Å²) in [7, 11) is 1.96. The van der Waals surface area contributed by atoms with Crippen molar-refractivity contribution in [3.63, 3.8) is 0 Å². The number of hydrogen-bond acceptors (Lipinski definition) is 5. The molecule has 1 unspecified atom stereocenters. The molecule has 1 aromatic rings. The summed E-state index contributed by atoms with van der Waals surface area (Å²) in [4.78, 5) is 26.5. The van der Waals surface area contributed by atoms with Crippen LogP contribution in [0, 0.1) is 0 Å². The molecule has 1 N–H and O–H groups in total. The van der Waals surface area contributed by atoms with Gasteiger partial charge in [0.15, 0.2) is 6.04 Å². The lowest BCUT2D eigenvalue weighted by atomic mass is 10.1. The predicted octanol–water partition coefficient (Wildman–Crippen LogP) is 2.11. The molecule has 23 heavy (non-hydrogen) atoms. The summed E-state index contributed by atoms with van der Waals surface area (Å²) in [5, 5.41) is 2.61. The number of likely N-dealkylation sites (tertiary alicyclic amines) is 1. The van der Waals surface area contributed by atoms with Gasteiger partial charge >= 0.3 is 12.1 Å². The topological polar surface area (TPSA) is 67.9 Å². The van der Waals surface area contributed by atoms with Gasteiger partial charge in [0, 0.05) is 13.1 Å². The number of nitrogens with zero attached hydrogens (tertiary/aromatic N) is 1. The number of likely N-dealkylation sites (N-methyl/N-ethyl adjacent to an activating group) is 1. The van der Waals surface area contributed by atoms with Crippen molar-refractivity contribution in [2.75, 3.05) is 20.1 Å². The highest BCUT2D eigenvalue weighted by Crippen LogP contribution is 2.19. The van der Waals surface area contributed by atoms with E-state index < -0.39 is 23.7 Å². The summed E-state index contributed by atoms with van der Waals surface area (Å²) in [6.07, 6.45) is -0.770. The van der Waals surface area contributed by atoms with Gasteiger partial charge in [-0.15, -0.1) is 0 Å². The summed E-state index contributed by atoms with van der Waals surface area (Å²) < 4.78 is 10.7. The highest BCUT2D eigenvalue weighted by molar-refractivity contribution is 5.83. The van der Waals surface area contributed by atoms with Gasteiger partial charge in [0.1, 0.15) is 11.7 Å². The van der Waals surface area contributed by atoms with Crippen molar-refractivity contribution in [3.05, 3.63) is 35.9 Å². The van der Waals surface area contributed by atoms with E-state index in [1.165, 1.54) is 0 Å². The second-order valence-corrected chi connectivity index (χ2v) is 6.77. The van der Waals surface area contributed by atoms with Crippen molar-refractivity contribution in [1.29, 1.82) is 0 Å². The Balaban J connectivity index is 2.06. The predicted molar refractivity (Wildman–Crippen MR) is 85.9 cm³/mol. The van der Waals surface area contributed by atoms with Gasteiger partial charge in [-0.25, -0.2) is 9.59 Å². The van der Waals surface area contributed by atoms with Crippen LogP contribution in [-0.4, -0.2) is 48.8 Å². The first kappa shape index (κ1) is 17.3. The second kappa shape index (κ2) is 7.00. The maximum Gasteiger partial charge on any atom is 0.408 e. The van der Waals surface area contributed by atoms with Crippen LogP contribution in [-0.2, 0) is 14.3 Å². The SMILES string of the molecule is CN1CC(OC(=O)C(NC(=O)OC(C)(C)C)c2ccccc2)C1. The molecule has 0 radical (unpaired) electrons. The van der Waals surface area contributed by atoms with E-state index in [2.05, 4.69) is 10.2 Å². The number of ether oxygens (including phenoxy) is 2. The quantitative estimate of drug-likeness (QED) is 0.861. The highest BCUT2D eigenvalue weighted by Gasteiger charge is 2.32. The molecule has 6 heteroatoms. The van der Waals surface area contributed by atoms with Crippen LogP contribution in [0.15, 0.2) is 30.3 Å². The normalized spacial score (nSPS) is 17.0. The number of rotatable bonds is 4. The van der Waals surface area contributed by atoms with Crippen LogP contribution < -0.4 is 5.32 Å². The van der Waals surface area contributed by atoms with E-state index in [1.54, 1.807) is 32.9 Å². The van der Waals surface area contributed by atoms with E-state index in [4.69, 9.17) is 9.47 Å². The largest absolute Gasteiger partial charge is 0.458 e. The van der Waals surface area contributed by atoms with Crippen molar-refractivity contribution in [2.45, 2.75) is 38.5 Å². The molecule has 0 saturated carbocycles. The van der Waals surface area contributed by atoms with Crippen molar-refractivity contribution < 1.29 is 19.1 Å². The van der Waals surface area contributed by atoms with Crippen LogP contribution in [0.5, 0.6) is 0 Å². The van der Waals surface area contributed by atoms with Crippen molar-refractivity contribution in [1.82, 2.24) is 10.2 Å². The van der Waals surface area contributed by atoms with E-state index in [9.17, 15) is 9.59 Å². The van der Waals surface area contributed by atoms with Crippen molar-refractivity contribution in [3.8, 4) is 0 Å². The average molecular weight is 320 g/mol. The third-order valence-electron chi connectivity index (χ3n) is 3.34. The Morgan fingerprint density at radius 1 is 1.22 bits per heavy atom. The van der Waals surface area contributed by atoms with E-state index in [-0.39, 0.29) is 6.10 Å². The number of amides is 1. The lowest BCUT2D eigenvalue weighted by Gasteiger charge is -2.36. The average Bonchev–Trinajstić information content (AvgIpc) is 2.42. The van der Waals surface area contributed by atoms with Crippen LogP contribution in [0.2, 0.25) is 0 Å². The van der Waals surface area contributed by atoms with Crippen LogP contribution in [0.4, 0.5) is 4.79 Å². The fourth-order valence-corrected chi connectivity index (χ4v) is 2.30. The Morgan fingerprint density at radius 3 is 2.35 bits per heavy atom. The van der Waals surface area contributed by atoms with Gasteiger partial charge in [-0.2, -0.15) is 0 Å². The molecule has 1 atom stereocenters. The number of esters is 1. The molecule has 1 amide bonds. The van der Waals surface area contributed by atoms with Gasteiger partial charge in [-0.05, 0) is 33.4 Å². The van der Waals surface area contributed by atoms with E-state index in [0.717, 1.165) is 0 Å². The molecule has 2 rings (SSSR count). The number of carbonyl (C=O) groups excluding carboxylic acids is 2. The zero-order chi connectivity index (χ0) is 17.0. The number of carbonyl (C=O) groups is 2. The van der Waals surface area contributed by atoms with Crippen LogP contribution >= 0.6 is 0 Å². The van der Waals surface area contributed by atoms with Gasteiger partial charge in [-0.3, -0.25) is 4.90 Å². The standard InChI is InChI=1S/C17H24N2O4/c1-17(2,3)23-16(21)18-14(12-8-6-5-7-9-12)15(20)22-13-10-19(4)11-13/h5-9,13-14H,10-11H2,1-4H3,(H,18,21). The van der Waals surface area contributed by atoms with Gasteiger partial charge in [0.05, 0.1) is 0 Å². The third kappa shape index (κ3) is 5.25. The lowest BCUT2D eigenvalue weighted by Crippen LogP contribution is -2.51. The molecular formula is C17H24N2O4. The number of nitrogens with one attached hydrogen (secondary N) is 1. The Labute approximate surface area is 136 Å². The second-order valence-electron chi connectivity index (χ2n) is 6.77. The minimum absolute atomic E-state index is 0.126. The first-order valence-electron chi connectivity index (χ1n) is 7.68. The van der Waals surface area contributed by atoms with Crippen molar-refractivity contribution in [2.24, 2.45) is 0 Å². The Hall–Kier alpha value is -2.08. The van der Waals surface area contributed by atoms with Gasteiger partial charge < -0.3 is 14.8 Å². The molecule has 1 aliphatic heterocycles. The van der Waals surface area contributed by atoms with Gasteiger partial charge in [0.2, 0.25) is 0 Å². The van der Waals surface area contributed by atoms with Crippen LogP contribution in [0.3, 0.4) is 0 Å². The first-order valence-corrected chi connectivity index (χ1v) is 7.68. The minimum atomic E-state index is -0.878. The maximum atomic E-state index is 12.4. The van der Waals surface area contributed by atoms with Crippen LogP contribution in [0.25, 0.3) is 0 Å². The molecule has 126 valence electrons. The smallest absolute Gasteiger partial charge is 0.408 e. The van der Waals surface area contributed by atoms with Gasteiger partial charge in [-0.1, -0.05) is 30.3 Å². The van der Waals surface area contributed by atoms with Crippen molar-refractivity contribution >= 4 is 12.1 Å². The number of benzene rings is 1. The molecule has 0 aliphatic carbocycles. The van der Waals surface area contributed by atoms with E-state index >= 15 is 0 Å². The molecule has 1 fully saturated rings. The summed E-state index contributed by atoms with van der Waals surface area (Å²) in [6, 6.07) is 8.14. The Bertz CT molecular complexity index is 547. The summed E-state index contributed by atoms with van der Waals surface area (Å²) in [5.41, 5.74) is 0.0300. The molecule has 0 aromatic heterocycles. The lowest BCUT2D eigenvalue weighted by molar-refractivity contribution is -0.159. The zero-order valence-corrected chi connectivity index (χ0v) is 14.0. The summed E-state index contributed by atoms with van der Waals surface area (Å²) in [5.74, 6) is -0.472. The van der Waals surface area contributed by atoms with E-state index in [1.807, 2.05) is 25.2 Å². The minimum Gasteiger partial charge on any atom is -0.458 e. The summed E-state index contributed by atoms with van der Waals surface area (Å²) in [6.45, 7) is 6.73. The number of hydrogen-bond donors (Lipinski definition) is 1. The molecular weight excluding hydrogens is 296 g/mol. The summed E-state index contributed by atoms with van der Waals surface area (Å²) >= 11 is 0.